The van der Waals surface area contributed by atoms with E-state index in [-0.39, 0.29) is 5.69 Å². The Bertz CT molecular complexity index is 865. The number of amides is 1. The van der Waals surface area contributed by atoms with Crippen LogP contribution in [0.4, 0.5) is 26.0 Å². The van der Waals surface area contributed by atoms with Gasteiger partial charge in [0.05, 0.1) is 12.4 Å². The number of anilines is 3. The molecule has 1 amide bonds. The van der Waals surface area contributed by atoms with Gasteiger partial charge in [0.25, 0.3) is 5.91 Å². The Hall–Kier alpha value is -3.35. The van der Waals surface area contributed by atoms with E-state index in [0.717, 1.165) is 17.8 Å². The first-order valence-electron chi connectivity index (χ1n) is 7.42. The molecule has 0 saturated carbocycles. The number of carbonyl (C=O) groups is 1. The number of nitrogens with one attached hydrogen (secondary N) is 1. The van der Waals surface area contributed by atoms with Crippen LogP contribution in [0.25, 0.3) is 0 Å². The van der Waals surface area contributed by atoms with E-state index < -0.39 is 23.2 Å². The fourth-order valence-corrected chi connectivity index (χ4v) is 2.19. The molecule has 126 valence electrons. The number of carbonyl (C=O) groups excluding carboxylic acids is 1. The van der Waals surface area contributed by atoms with E-state index in [2.05, 4.69) is 15.3 Å². The third kappa shape index (κ3) is 3.60. The molecule has 0 radical (unpaired) electrons. The normalized spacial score (nSPS) is 10.4. The summed E-state index contributed by atoms with van der Waals surface area (Å²) >= 11 is 0. The highest BCUT2D eigenvalue weighted by atomic mass is 19.1. The van der Waals surface area contributed by atoms with E-state index >= 15 is 0 Å². The van der Waals surface area contributed by atoms with Crippen molar-refractivity contribution in [3.63, 3.8) is 0 Å². The number of halogens is 2. The SMILES string of the molecule is CN(c1ccccc1)c1cnc(C(=O)Nc2c(F)cccc2F)cn1. The summed E-state index contributed by atoms with van der Waals surface area (Å²) < 4.78 is 27.2. The minimum atomic E-state index is -0.859. The molecule has 0 fully saturated rings. The molecule has 0 bridgehead atoms. The highest BCUT2D eigenvalue weighted by molar-refractivity contribution is 6.02. The third-order valence-electron chi connectivity index (χ3n) is 3.56. The summed E-state index contributed by atoms with van der Waals surface area (Å²) in [6.07, 6.45) is 2.67. The van der Waals surface area contributed by atoms with Crippen molar-refractivity contribution in [1.82, 2.24) is 9.97 Å². The monoisotopic (exact) mass is 340 g/mol. The highest BCUT2D eigenvalue weighted by Crippen LogP contribution is 2.21. The number of benzene rings is 2. The summed E-state index contributed by atoms with van der Waals surface area (Å²) in [6, 6.07) is 12.8. The molecule has 0 aliphatic rings. The molecule has 0 aliphatic heterocycles. The summed E-state index contributed by atoms with van der Waals surface area (Å²) in [5.41, 5.74) is 0.343. The van der Waals surface area contributed by atoms with Crippen molar-refractivity contribution in [3.8, 4) is 0 Å². The summed E-state index contributed by atoms with van der Waals surface area (Å²) in [7, 11) is 1.81. The first kappa shape index (κ1) is 16.5. The van der Waals surface area contributed by atoms with Gasteiger partial charge in [-0.15, -0.1) is 0 Å². The van der Waals surface area contributed by atoms with E-state index in [1.165, 1.54) is 18.5 Å². The fourth-order valence-electron chi connectivity index (χ4n) is 2.19. The van der Waals surface area contributed by atoms with Gasteiger partial charge in [-0.3, -0.25) is 4.79 Å². The first-order valence-corrected chi connectivity index (χ1v) is 7.42. The van der Waals surface area contributed by atoms with Crippen molar-refractivity contribution in [1.29, 1.82) is 0 Å². The Balaban J connectivity index is 1.77. The number of para-hydroxylation sites is 2. The van der Waals surface area contributed by atoms with Crippen LogP contribution in [0.2, 0.25) is 0 Å². The second-order valence-corrected chi connectivity index (χ2v) is 5.21. The molecular weight excluding hydrogens is 326 g/mol. The molecule has 0 unspecified atom stereocenters. The van der Waals surface area contributed by atoms with Gasteiger partial charge < -0.3 is 10.2 Å². The second-order valence-electron chi connectivity index (χ2n) is 5.21. The molecule has 1 N–H and O–H groups in total. The molecule has 1 aromatic heterocycles. The Morgan fingerprint density at radius 3 is 2.24 bits per heavy atom. The maximum absolute atomic E-state index is 13.6. The summed E-state index contributed by atoms with van der Waals surface area (Å²) in [6.45, 7) is 0. The van der Waals surface area contributed by atoms with E-state index in [1.54, 1.807) is 4.90 Å². The zero-order valence-electron chi connectivity index (χ0n) is 13.3. The minimum Gasteiger partial charge on any atom is -0.328 e. The van der Waals surface area contributed by atoms with Crippen LogP contribution in [0.1, 0.15) is 10.5 Å². The number of hydrogen-bond acceptors (Lipinski definition) is 4. The molecule has 0 spiro atoms. The zero-order valence-corrected chi connectivity index (χ0v) is 13.3. The number of nitrogens with zero attached hydrogens (tertiary/aromatic N) is 3. The standard InChI is InChI=1S/C18H14F2N4O/c1-24(12-6-3-2-4-7-12)16-11-21-15(10-22-16)18(25)23-17-13(19)8-5-9-14(17)20/h2-11H,1H3,(H,23,25). The maximum Gasteiger partial charge on any atom is 0.276 e. The lowest BCUT2D eigenvalue weighted by atomic mass is 10.2. The molecule has 7 heteroatoms. The Morgan fingerprint density at radius 2 is 1.64 bits per heavy atom. The van der Waals surface area contributed by atoms with E-state index in [1.807, 2.05) is 37.4 Å². The largest absolute Gasteiger partial charge is 0.328 e. The van der Waals surface area contributed by atoms with Crippen LogP contribution in [0, 0.1) is 11.6 Å². The quantitative estimate of drug-likeness (QED) is 0.785. The lowest BCUT2D eigenvalue weighted by Crippen LogP contribution is -2.17. The zero-order chi connectivity index (χ0) is 17.8. The Morgan fingerprint density at radius 1 is 0.960 bits per heavy atom. The van der Waals surface area contributed by atoms with Crippen molar-refractivity contribution >= 4 is 23.1 Å². The molecule has 2 aromatic carbocycles. The van der Waals surface area contributed by atoms with E-state index in [0.29, 0.717) is 5.82 Å². The van der Waals surface area contributed by atoms with Crippen molar-refractivity contribution in [2.75, 3.05) is 17.3 Å². The smallest absolute Gasteiger partial charge is 0.276 e. The average Bonchev–Trinajstić information content (AvgIpc) is 2.65. The molecule has 25 heavy (non-hydrogen) atoms. The van der Waals surface area contributed by atoms with E-state index in [4.69, 9.17) is 0 Å². The van der Waals surface area contributed by atoms with Crippen LogP contribution in [0.15, 0.2) is 60.9 Å². The molecule has 0 saturated heterocycles. The summed E-state index contributed by atoms with van der Waals surface area (Å²) in [5, 5.41) is 2.17. The van der Waals surface area contributed by atoms with Gasteiger partial charge in [-0.2, -0.15) is 0 Å². The molecule has 3 rings (SSSR count). The van der Waals surface area contributed by atoms with Crippen LogP contribution in [0.3, 0.4) is 0 Å². The predicted octanol–water partition coefficient (Wildman–Crippen LogP) is 3.78. The van der Waals surface area contributed by atoms with Gasteiger partial charge in [0.15, 0.2) is 5.82 Å². The third-order valence-corrected chi connectivity index (χ3v) is 3.56. The first-order chi connectivity index (χ1) is 12.1. The summed E-state index contributed by atoms with van der Waals surface area (Å²) in [5.74, 6) is -1.94. The highest BCUT2D eigenvalue weighted by Gasteiger charge is 2.15. The molecule has 5 nitrogen and oxygen atoms in total. The average molecular weight is 340 g/mol. The second kappa shape index (κ2) is 7.04. The predicted molar refractivity (Wildman–Crippen MR) is 90.8 cm³/mol. The molecule has 1 heterocycles. The van der Waals surface area contributed by atoms with Gasteiger partial charge in [-0.1, -0.05) is 24.3 Å². The Labute approximate surface area is 143 Å². The minimum absolute atomic E-state index is 0.0483. The van der Waals surface area contributed by atoms with Crippen molar-refractivity contribution < 1.29 is 13.6 Å². The van der Waals surface area contributed by atoms with Gasteiger partial charge in [0, 0.05) is 12.7 Å². The van der Waals surface area contributed by atoms with Gasteiger partial charge >= 0.3 is 0 Å². The summed E-state index contributed by atoms with van der Waals surface area (Å²) in [4.78, 5) is 22.1. The van der Waals surface area contributed by atoms with E-state index in [9.17, 15) is 13.6 Å². The number of rotatable bonds is 4. The maximum atomic E-state index is 13.6. The van der Waals surface area contributed by atoms with Crippen LogP contribution in [-0.4, -0.2) is 22.9 Å². The van der Waals surface area contributed by atoms with Crippen LogP contribution in [0.5, 0.6) is 0 Å². The van der Waals surface area contributed by atoms with Gasteiger partial charge in [-0.05, 0) is 24.3 Å². The van der Waals surface area contributed by atoms with Gasteiger partial charge in [0.2, 0.25) is 0 Å². The molecular formula is C18H14F2N4O. The van der Waals surface area contributed by atoms with Crippen LogP contribution in [-0.2, 0) is 0 Å². The number of hydrogen-bond donors (Lipinski definition) is 1. The lowest BCUT2D eigenvalue weighted by Gasteiger charge is -2.17. The van der Waals surface area contributed by atoms with Crippen molar-refractivity contribution in [2.24, 2.45) is 0 Å². The van der Waals surface area contributed by atoms with Gasteiger partial charge in [-0.25, -0.2) is 18.7 Å². The van der Waals surface area contributed by atoms with Crippen LogP contribution < -0.4 is 10.2 Å². The molecule has 0 atom stereocenters. The van der Waals surface area contributed by atoms with Gasteiger partial charge in [0.1, 0.15) is 23.0 Å². The Kier molecular flexibility index (Phi) is 4.65. The number of aromatic nitrogens is 2. The topological polar surface area (TPSA) is 58.1 Å². The van der Waals surface area contributed by atoms with Crippen molar-refractivity contribution in [2.45, 2.75) is 0 Å². The fraction of sp³-hybridized carbons (Fsp3) is 0.0556. The van der Waals surface area contributed by atoms with Crippen LogP contribution >= 0.6 is 0 Å². The molecule has 3 aromatic rings. The van der Waals surface area contributed by atoms with Crippen molar-refractivity contribution in [3.05, 3.63) is 78.3 Å². The molecule has 0 aliphatic carbocycles. The lowest BCUT2D eigenvalue weighted by molar-refractivity contribution is 0.102.